The predicted octanol–water partition coefficient (Wildman–Crippen LogP) is 4.94. The maximum absolute atomic E-state index is 14.3. The number of carboxylic acids is 1. The van der Waals surface area contributed by atoms with Gasteiger partial charge in [-0.25, -0.2) is 8.78 Å². The highest BCUT2D eigenvalue weighted by atomic mass is 19.1. The van der Waals surface area contributed by atoms with Crippen molar-refractivity contribution in [2.75, 3.05) is 31.9 Å². The number of anilines is 1. The van der Waals surface area contributed by atoms with Crippen LogP contribution in [0.2, 0.25) is 0 Å². The van der Waals surface area contributed by atoms with E-state index in [0.29, 0.717) is 57.6 Å². The lowest BCUT2D eigenvalue weighted by Crippen LogP contribution is -2.50. The molecule has 1 aliphatic rings. The molecule has 2 unspecified atom stereocenters. The number of piperidine rings is 1. The van der Waals surface area contributed by atoms with Crippen LogP contribution < -0.4 is 15.4 Å². The number of rotatable bonds is 7. The molecular weight excluding hydrogens is 518 g/mol. The second kappa shape index (κ2) is 11.3. The molecule has 0 aliphatic carbocycles. The topological polar surface area (TPSA) is 122 Å². The number of hydrogen-bond acceptors (Lipinski definition) is 7. The highest BCUT2D eigenvalue weighted by Crippen LogP contribution is 2.42. The molecule has 0 amide bonds. The van der Waals surface area contributed by atoms with Crippen LogP contribution in [0.15, 0.2) is 60.8 Å². The summed E-state index contributed by atoms with van der Waals surface area (Å²) in [6.07, 6.45) is 1.95. The molecule has 2 atom stereocenters. The van der Waals surface area contributed by atoms with Crippen molar-refractivity contribution < 1.29 is 28.2 Å². The van der Waals surface area contributed by atoms with E-state index in [4.69, 9.17) is 15.2 Å². The van der Waals surface area contributed by atoms with Gasteiger partial charge < -0.3 is 25.2 Å². The van der Waals surface area contributed by atoms with E-state index in [0.717, 1.165) is 6.07 Å². The fourth-order valence-electron chi connectivity index (χ4n) is 5.17. The Kier molecular flexibility index (Phi) is 7.60. The number of nitrogens with zero attached hydrogens (tertiary/aromatic N) is 3. The molecule has 1 aromatic heterocycles. The molecule has 1 fully saturated rings. The summed E-state index contributed by atoms with van der Waals surface area (Å²) < 4.78 is 39.4. The van der Waals surface area contributed by atoms with E-state index in [2.05, 4.69) is 11.1 Å². The minimum atomic E-state index is -1.01. The molecule has 0 spiro atoms. The molecule has 40 heavy (non-hydrogen) atoms. The van der Waals surface area contributed by atoms with Crippen LogP contribution in [0.3, 0.4) is 0 Å². The maximum Gasteiger partial charge on any atom is 0.309 e. The van der Waals surface area contributed by atoms with Crippen molar-refractivity contribution in [2.24, 2.45) is 11.7 Å². The Hall–Kier alpha value is -4.59. The van der Waals surface area contributed by atoms with Crippen LogP contribution in [0.4, 0.5) is 14.5 Å². The number of benzene rings is 3. The van der Waals surface area contributed by atoms with Crippen molar-refractivity contribution in [1.82, 2.24) is 4.98 Å². The number of pyridine rings is 1. The fourth-order valence-corrected chi connectivity index (χ4v) is 5.17. The Morgan fingerprint density at radius 2 is 1.93 bits per heavy atom. The predicted molar refractivity (Wildman–Crippen MR) is 146 cm³/mol. The highest BCUT2D eigenvalue weighted by molar-refractivity contribution is 6.02. The van der Waals surface area contributed by atoms with Gasteiger partial charge in [-0.1, -0.05) is 18.2 Å². The number of methoxy groups -OCH3 is 1. The van der Waals surface area contributed by atoms with Gasteiger partial charge >= 0.3 is 5.97 Å². The monoisotopic (exact) mass is 544 g/mol. The normalized spacial score (nSPS) is 17.0. The first-order chi connectivity index (χ1) is 19.3. The zero-order valence-corrected chi connectivity index (χ0v) is 21.6. The summed E-state index contributed by atoms with van der Waals surface area (Å²) >= 11 is 0. The zero-order chi connectivity index (χ0) is 28.4. The van der Waals surface area contributed by atoms with E-state index in [1.807, 2.05) is 23.1 Å². The van der Waals surface area contributed by atoms with E-state index in [1.165, 1.54) is 19.2 Å². The fraction of sp³-hybridized carbons (Fsp3) is 0.233. The van der Waals surface area contributed by atoms with Gasteiger partial charge in [-0.2, -0.15) is 5.26 Å². The van der Waals surface area contributed by atoms with Gasteiger partial charge in [-0.05, 0) is 47.9 Å². The molecule has 0 saturated carbocycles. The molecule has 1 saturated heterocycles. The Bertz CT molecular complexity index is 1620. The van der Waals surface area contributed by atoms with E-state index in [9.17, 15) is 23.9 Å². The summed E-state index contributed by atoms with van der Waals surface area (Å²) in [6, 6.07) is 15.5. The molecule has 10 heteroatoms. The molecule has 204 valence electrons. The largest absolute Gasteiger partial charge is 0.481 e. The van der Waals surface area contributed by atoms with Gasteiger partial charge in [0.2, 0.25) is 0 Å². The van der Waals surface area contributed by atoms with Gasteiger partial charge in [0.05, 0.1) is 22.7 Å². The van der Waals surface area contributed by atoms with Crippen LogP contribution in [0, 0.1) is 28.9 Å². The number of hydrogen-bond donors (Lipinski definition) is 2. The third-order valence-electron chi connectivity index (χ3n) is 7.08. The first kappa shape index (κ1) is 27.0. The van der Waals surface area contributed by atoms with Gasteiger partial charge in [-0.15, -0.1) is 0 Å². The summed E-state index contributed by atoms with van der Waals surface area (Å²) in [7, 11) is 1.48. The first-order valence-electron chi connectivity index (χ1n) is 12.6. The number of aromatic nitrogens is 1. The van der Waals surface area contributed by atoms with E-state index in [1.54, 1.807) is 24.4 Å². The quantitative estimate of drug-likeness (QED) is 0.314. The van der Waals surface area contributed by atoms with Gasteiger partial charge in [-0.3, -0.25) is 9.78 Å². The molecule has 3 N–H and O–H groups in total. The maximum atomic E-state index is 14.3. The average Bonchev–Trinajstić information content (AvgIpc) is 2.94. The smallest absolute Gasteiger partial charge is 0.309 e. The molecule has 0 bridgehead atoms. The molecule has 5 rings (SSSR count). The van der Waals surface area contributed by atoms with Crippen molar-refractivity contribution in [1.29, 1.82) is 5.26 Å². The zero-order valence-electron chi connectivity index (χ0n) is 21.6. The van der Waals surface area contributed by atoms with Crippen LogP contribution in [0.1, 0.15) is 12.0 Å². The number of nitrogens with two attached hydrogens (primary N) is 1. The molecular formula is C30H26F2N4O4. The van der Waals surface area contributed by atoms with Crippen LogP contribution in [0.25, 0.3) is 33.2 Å². The number of para-hydroxylation sites is 1. The molecule has 8 nitrogen and oxygen atoms in total. The Morgan fingerprint density at radius 3 is 2.62 bits per heavy atom. The number of halogens is 2. The summed E-state index contributed by atoms with van der Waals surface area (Å²) in [5, 5.41) is 20.1. The standard InChI is InChI=1S/C30H26F2N4O4/c1-39-16-40-29-18(13-33)3-2-4-22(29)17-5-6-27-23(11-17)28(36-8-7-26(34)25(15-36)30(37)38)24(14-35-27)19-9-20(31)12-21(32)10-19/h2-6,9-12,14,25-26H,7-8,15-16,34H2,1H3,(H,37,38). The molecule has 0 radical (unpaired) electrons. The third-order valence-corrected chi connectivity index (χ3v) is 7.08. The second-order valence-corrected chi connectivity index (χ2v) is 9.60. The Balaban J connectivity index is 1.75. The van der Waals surface area contributed by atoms with E-state index >= 15 is 0 Å². The van der Waals surface area contributed by atoms with Crippen LogP contribution in [-0.2, 0) is 9.53 Å². The second-order valence-electron chi connectivity index (χ2n) is 9.60. The van der Waals surface area contributed by atoms with Crippen LogP contribution >= 0.6 is 0 Å². The number of fused-ring (bicyclic) bond motifs is 1. The number of aliphatic carboxylic acids is 1. The summed E-state index contributed by atoms with van der Waals surface area (Å²) in [5.41, 5.74) is 9.69. The van der Waals surface area contributed by atoms with E-state index < -0.39 is 29.6 Å². The number of carboxylic acid groups (broad SMARTS) is 1. The van der Waals surface area contributed by atoms with Crippen LogP contribution in [-0.4, -0.2) is 49.1 Å². The lowest BCUT2D eigenvalue weighted by atomic mass is 9.90. The average molecular weight is 545 g/mol. The summed E-state index contributed by atoms with van der Waals surface area (Å²) in [4.78, 5) is 18.5. The highest BCUT2D eigenvalue weighted by Gasteiger charge is 2.34. The molecule has 2 heterocycles. The van der Waals surface area contributed by atoms with Gasteiger partial charge in [0.25, 0.3) is 0 Å². The van der Waals surface area contributed by atoms with Gasteiger partial charge in [0.15, 0.2) is 6.79 Å². The Morgan fingerprint density at radius 1 is 1.15 bits per heavy atom. The number of nitriles is 1. The van der Waals surface area contributed by atoms with Crippen molar-refractivity contribution in [3.63, 3.8) is 0 Å². The van der Waals surface area contributed by atoms with Crippen molar-refractivity contribution in [3.8, 4) is 34.1 Å². The molecule has 4 aromatic rings. The minimum Gasteiger partial charge on any atom is -0.481 e. The van der Waals surface area contributed by atoms with Gasteiger partial charge in [0, 0.05) is 55.0 Å². The Labute approximate surface area is 229 Å². The molecule has 3 aromatic carbocycles. The minimum absolute atomic E-state index is 0.0635. The van der Waals surface area contributed by atoms with Crippen LogP contribution in [0.5, 0.6) is 5.75 Å². The van der Waals surface area contributed by atoms with Gasteiger partial charge in [0.1, 0.15) is 23.5 Å². The first-order valence-corrected chi connectivity index (χ1v) is 12.6. The van der Waals surface area contributed by atoms with Crippen molar-refractivity contribution in [2.45, 2.75) is 12.5 Å². The third kappa shape index (κ3) is 5.17. The lowest BCUT2D eigenvalue weighted by molar-refractivity contribution is -0.142. The van der Waals surface area contributed by atoms with E-state index in [-0.39, 0.29) is 18.9 Å². The SMILES string of the molecule is COCOc1c(C#N)cccc1-c1ccc2ncc(-c3cc(F)cc(F)c3)c(N3CCC(N)C(C(=O)O)C3)c2c1. The summed E-state index contributed by atoms with van der Waals surface area (Å²) in [6.45, 7) is 0.480. The summed E-state index contributed by atoms with van der Waals surface area (Å²) in [5.74, 6) is -2.99. The molecule has 1 aliphatic heterocycles. The van der Waals surface area contributed by atoms with Crippen molar-refractivity contribution >= 4 is 22.6 Å². The lowest BCUT2D eigenvalue weighted by Gasteiger charge is -2.37. The number of ether oxygens (including phenoxy) is 2. The number of carbonyl (C=O) groups is 1. The van der Waals surface area contributed by atoms with Crippen molar-refractivity contribution in [3.05, 3.63) is 78.0 Å².